The molecule has 0 aliphatic rings. The molecular formula is C22H18N4O. The first-order chi connectivity index (χ1) is 13.3. The number of methoxy groups -OCH3 is 1. The predicted octanol–water partition coefficient (Wildman–Crippen LogP) is 4.75. The van der Waals surface area contributed by atoms with Gasteiger partial charge in [0.25, 0.3) is 0 Å². The largest absolute Gasteiger partial charge is 0.497 e. The van der Waals surface area contributed by atoms with E-state index in [2.05, 4.69) is 15.5 Å². The molecule has 0 saturated heterocycles. The predicted molar refractivity (Wildman–Crippen MR) is 109 cm³/mol. The number of aromatic nitrogens is 2. The lowest BCUT2D eigenvalue weighted by Gasteiger charge is -2.11. The molecule has 0 fully saturated rings. The number of benzene rings is 2. The van der Waals surface area contributed by atoms with Gasteiger partial charge >= 0.3 is 0 Å². The maximum Gasteiger partial charge on any atom is 0.119 e. The van der Waals surface area contributed by atoms with Crippen LogP contribution in [0.1, 0.15) is 5.56 Å². The van der Waals surface area contributed by atoms with Gasteiger partial charge < -0.3 is 4.74 Å². The third-order valence-corrected chi connectivity index (χ3v) is 4.19. The van der Waals surface area contributed by atoms with Crippen molar-refractivity contribution >= 4 is 22.8 Å². The van der Waals surface area contributed by atoms with E-state index < -0.39 is 0 Å². The zero-order valence-corrected chi connectivity index (χ0v) is 14.8. The summed E-state index contributed by atoms with van der Waals surface area (Å²) in [5.41, 5.74) is 7.79. The van der Waals surface area contributed by atoms with E-state index in [0.29, 0.717) is 0 Å². The Kier molecular flexibility index (Phi) is 4.74. The van der Waals surface area contributed by atoms with Gasteiger partial charge in [-0.25, -0.2) is 4.98 Å². The zero-order valence-electron chi connectivity index (χ0n) is 14.8. The van der Waals surface area contributed by atoms with E-state index in [-0.39, 0.29) is 0 Å². The molecule has 5 heteroatoms. The lowest BCUT2D eigenvalue weighted by Crippen LogP contribution is -1.96. The van der Waals surface area contributed by atoms with Gasteiger partial charge in [-0.15, -0.1) is 0 Å². The van der Waals surface area contributed by atoms with E-state index >= 15 is 0 Å². The Morgan fingerprint density at radius 3 is 2.56 bits per heavy atom. The summed E-state index contributed by atoms with van der Waals surface area (Å²) >= 11 is 0. The minimum atomic E-state index is 0.776. The van der Waals surface area contributed by atoms with Crippen LogP contribution in [0.3, 0.4) is 0 Å². The molecule has 0 aliphatic carbocycles. The van der Waals surface area contributed by atoms with Crippen LogP contribution in [-0.4, -0.2) is 23.3 Å². The van der Waals surface area contributed by atoms with Crippen LogP contribution in [0.2, 0.25) is 0 Å². The Balaban J connectivity index is 1.76. The van der Waals surface area contributed by atoms with Crippen molar-refractivity contribution in [3.05, 3.63) is 84.7 Å². The molecule has 5 nitrogen and oxygen atoms in total. The smallest absolute Gasteiger partial charge is 0.119 e. The quantitative estimate of drug-likeness (QED) is 0.415. The number of fused-ring (bicyclic) bond motifs is 1. The Morgan fingerprint density at radius 2 is 1.78 bits per heavy atom. The molecular weight excluding hydrogens is 336 g/mol. The molecule has 2 aromatic carbocycles. The number of rotatable bonds is 5. The number of hydrogen-bond acceptors (Lipinski definition) is 5. The summed E-state index contributed by atoms with van der Waals surface area (Å²) < 4.78 is 5.37. The summed E-state index contributed by atoms with van der Waals surface area (Å²) in [5, 5.41) is 5.33. The summed E-state index contributed by atoms with van der Waals surface area (Å²) in [4.78, 5) is 8.80. The summed E-state index contributed by atoms with van der Waals surface area (Å²) in [6, 6.07) is 21.7. The van der Waals surface area contributed by atoms with Crippen molar-refractivity contribution in [3.8, 4) is 17.0 Å². The molecule has 0 bridgehead atoms. The van der Waals surface area contributed by atoms with Crippen molar-refractivity contribution in [3.63, 3.8) is 0 Å². The fourth-order valence-electron chi connectivity index (χ4n) is 2.81. The highest BCUT2D eigenvalue weighted by Crippen LogP contribution is 2.30. The first kappa shape index (κ1) is 16.7. The molecule has 4 aromatic rings. The normalized spacial score (nSPS) is 11.0. The number of nitrogens with zero attached hydrogens (tertiary/aromatic N) is 3. The SMILES string of the molecule is COc1ccc2nc(-c3ccccc3)cc(NN=Cc3ccncc3)c2c1. The van der Waals surface area contributed by atoms with Crippen molar-refractivity contribution in [2.75, 3.05) is 12.5 Å². The summed E-state index contributed by atoms with van der Waals surface area (Å²) in [6.45, 7) is 0. The molecule has 1 N–H and O–H groups in total. The van der Waals surface area contributed by atoms with Gasteiger partial charge in [0.1, 0.15) is 5.75 Å². The second-order valence-electron chi connectivity index (χ2n) is 5.95. The zero-order chi connectivity index (χ0) is 18.5. The topological polar surface area (TPSA) is 59.4 Å². The monoisotopic (exact) mass is 354 g/mol. The van der Waals surface area contributed by atoms with Crippen LogP contribution < -0.4 is 10.2 Å². The third-order valence-electron chi connectivity index (χ3n) is 4.19. The first-order valence-electron chi connectivity index (χ1n) is 8.57. The van der Waals surface area contributed by atoms with Gasteiger partial charge in [0.05, 0.1) is 30.2 Å². The molecule has 2 heterocycles. The maximum absolute atomic E-state index is 5.37. The second kappa shape index (κ2) is 7.66. The van der Waals surface area contributed by atoms with E-state index in [1.54, 1.807) is 25.7 Å². The van der Waals surface area contributed by atoms with Crippen LogP contribution in [0, 0.1) is 0 Å². The van der Waals surface area contributed by atoms with Crippen molar-refractivity contribution in [1.29, 1.82) is 0 Å². The minimum Gasteiger partial charge on any atom is -0.497 e. The summed E-state index contributed by atoms with van der Waals surface area (Å²) in [5.74, 6) is 0.776. The molecule has 0 amide bonds. The average Bonchev–Trinajstić information content (AvgIpc) is 2.74. The number of hydrazone groups is 1. The molecule has 27 heavy (non-hydrogen) atoms. The van der Waals surface area contributed by atoms with Crippen molar-refractivity contribution in [1.82, 2.24) is 9.97 Å². The van der Waals surface area contributed by atoms with Gasteiger partial charge in [-0.3, -0.25) is 10.4 Å². The third kappa shape index (κ3) is 3.77. The lowest BCUT2D eigenvalue weighted by atomic mass is 10.1. The Labute approximate surface area is 157 Å². The van der Waals surface area contributed by atoms with E-state index in [4.69, 9.17) is 9.72 Å². The molecule has 0 aliphatic heterocycles. The molecule has 0 saturated carbocycles. The highest BCUT2D eigenvalue weighted by Gasteiger charge is 2.08. The number of nitrogens with one attached hydrogen (secondary N) is 1. The van der Waals surface area contributed by atoms with E-state index in [1.807, 2.05) is 66.7 Å². The van der Waals surface area contributed by atoms with Gasteiger partial charge in [0.2, 0.25) is 0 Å². The molecule has 0 radical (unpaired) electrons. The van der Waals surface area contributed by atoms with Crippen molar-refractivity contribution in [2.45, 2.75) is 0 Å². The standard InChI is InChI=1S/C22H18N4O/c1-27-18-7-8-20-19(13-18)22(26-24-15-16-9-11-23-12-10-16)14-21(25-20)17-5-3-2-4-6-17/h2-15H,1H3,(H,25,26). The Bertz CT molecular complexity index is 1080. The van der Waals surface area contributed by atoms with Crippen molar-refractivity contribution < 1.29 is 4.74 Å². The van der Waals surface area contributed by atoms with Gasteiger partial charge in [-0.1, -0.05) is 30.3 Å². The van der Waals surface area contributed by atoms with Crippen LogP contribution in [0.25, 0.3) is 22.2 Å². The second-order valence-corrected chi connectivity index (χ2v) is 5.95. The van der Waals surface area contributed by atoms with Crippen LogP contribution in [0.4, 0.5) is 5.69 Å². The number of ether oxygens (including phenoxy) is 1. The minimum absolute atomic E-state index is 0.776. The Morgan fingerprint density at radius 1 is 0.963 bits per heavy atom. The van der Waals surface area contributed by atoms with Crippen molar-refractivity contribution in [2.24, 2.45) is 5.10 Å². The van der Waals surface area contributed by atoms with E-state index in [9.17, 15) is 0 Å². The number of anilines is 1. The molecule has 2 aromatic heterocycles. The van der Waals surface area contributed by atoms with Gasteiger partial charge in [-0.05, 0) is 42.0 Å². The van der Waals surface area contributed by atoms with Crippen LogP contribution in [0.15, 0.2) is 84.2 Å². The highest BCUT2D eigenvalue weighted by atomic mass is 16.5. The van der Waals surface area contributed by atoms with Gasteiger partial charge in [0.15, 0.2) is 0 Å². The molecule has 0 spiro atoms. The highest BCUT2D eigenvalue weighted by molar-refractivity contribution is 5.95. The molecule has 0 atom stereocenters. The fraction of sp³-hybridized carbons (Fsp3) is 0.0455. The van der Waals surface area contributed by atoms with Crippen LogP contribution >= 0.6 is 0 Å². The first-order valence-corrected chi connectivity index (χ1v) is 8.57. The van der Waals surface area contributed by atoms with E-state index in [0.717, 1.165) is 39.2 Å². The lowest BCUT2D eigenvalue weighted by molar-refractivity contribution is 0.415. The van der Waals surface area contributed by atoms with Gasteiger partial charge in [-0.2, -0.15) is 5.10 Å². The molecule has 0 unspecified atom stereocenters. The average molecular weight is 354 g/mol. The maximum atomic E-state index is 5.37. The summed E-state index contributed by atoms with van der Waals surface area (Å²) in [6.07, 6.45) is 5.24. The number of hydrogen-bond donors (Lipinski definition) is 1. The molecule has 4 rings (SSSR count). The van der Waals surface area contributed by atoms with E-state index in [1.165, 1.54) is 0 Å². The number of pyridine rings is 2. The van der Waals surface area contributed by atoms with Crippen LogP contribution in [-0.2, 0) is 0 Å². The van der Waals surface area contributed by atoms with Gasteiger partial charge in [0, 0.05) is 23.3 Å². The fourth-order valence-corrected chi connectivity index (χ4v) is 2.81. The van der Waals surface area contributed by atoms with Crippen LogP contribution in [0.5, 0.6) is 5.75 Å². The molecule has 132 valence electrons. The summed E-state index contributed by atoms with van der Waals surface area (Å²) in [7, 11) is 1.65. The Hall–Kier alpha value is -3.73.